The molecule has 0 aliphatic heterocycles. The molecule has 0 spiro atoms. The monoisotopic (exact) mass is 527 g/mol. The SMILES string of the molecule is CCNC(=O)C(CC)N(Cc1ccc(Cl)cc1Cl)C(=O)CN(c1c(C)cccc1C)S(C)(=O)=O. The Hall–Kier alpha value is -2.29. The molecular formula is C24H31Cl2N3O4S. The summed E-state index contributed by atoms with van der Waals surface area (Å²) in [5.74, 6) is -0.835. The van der Waals surface area contributed by atoms with E-state index in [1.807, 2.05) is 6.07 Å². The maximum absolute atomic E-state index is 13.7. The van der Waals surface area contributed by atoms with Crippen LogP contribution in [-0.4, -0.2) is 50.5 Å². The van der Waals surface area contributed by atoms with E-state index in [2.05, 4.69) is 5.32 Å². The molecule has 1 N–H and O–H groups in total. The zero-order valence-electron chi connectivity index (χ0n) is 20.1. The molecule has 7 nitrogen and oxygen atoms in total. The molecule has 2 rings (SSSR count). The number of benzene rings is 2. The number of nitrogens with zero attached hydrogens (tertiary/aromatic N) is 2. The van der Waals surface area contributed by atoms with Gasteiger partial charge in [0.05, 0.1) is 11.9 Å². The van der Waals surface area contributed by atoms with Crippen LogP contribution in [-0.2, 0) is 26.2 Å². The number of nitrogens with one attached hydrogen (secondary N) is 1. The van der Waals surface area contributed by atoms with Crippen molar-refractivity contribution in [2.45, 2.75) is 46.7 Å². The van der Waals surface area contributed by atoms with Gasteiger partial charge in [-0.05, 0) is 56.0 Å². The number of sulfonamides is 1. The molecule has 186 valence electrons. The Morgan fingerprint density at radius 3 is 2.18 bits per heavy atom. The standard InChI is InChI=1S/C24H31Cl2N3O4S/c1-6-21(24(31)27-7-2)28(14-18-11-12-19(25)13-20(18)26)22(30)15-29(34(5,32)33)23-16(3)9-8-10-17(23)4/h8-13,21H,6-7,14-15H2,1-5H3,(H,27,31). The van der Waals surface area contributed by atoms with Crippen molar-refractivity contribution in [2.24, 2.45) is 0 Å². The molecule has 2 aromatic rings. The minimum absolute atomic E-state index is 0.0227. The van der Waals surface area contributed by atoms with Crippen molar-refractivity contribution >= 4 is 50.7 Å². The maximum atomic E-state index is 13.7. The number of aryl methyl sites for hydroxylation is 2. The molecule has 2 aromatic carbocycles. The number of rotatable bonds is 10. The topological polar surface area (TPSA) is 86.8 Å². The van der Waals surface area contributed by atoms with Gasteiger partial charge >= 0.3 is 0 Å². The van der Waals surface area contributed by atoms with E-state index in [1.54, 1.807) is 58.0 Å². The van der Waals surface area contributed by atoms with E-state index in [0.29, 0.717) is 34.3 Å². The van der Waals surface area contributed by atoms with Gasteiger partial charge in [-0.15, -0.1) is 0 Å². The molecule has 1 atom stereocenters. The minimum Gasteiger partial charge on any atom is -0.355 e. The number of likely N-dealkylation sites (N-methyl/N-ethyl adjacent to an activating group) is 1. The highest BCUT2D eigenvalue weighted by molar-refractivity contribution is 7.92. The van der Waals surface area contributed by atoms with Crippen LogP contribution in [0.2, 0.25) is 10.0 Å². The van der Waals surface area contributed by atoms with Gasteiger partial charge in [0, 0.05) is 23.1 Å². The van der Waals surface area contributed by atoms with Gasteiger partial charge in [-0.3, -0.25) is 13.9 Å². The van der Waals surface area contributed by atoms with Crippen LogP contribution in [0.15, 0.2) is 36.4 Å². The highest BCUT2D eigenvalue weighted by Gasteiger charge is 2.32. The lowest BCUT2D eigenvalue weighted by atomic mass is 10.1. The summed E-state index contributed by atoms with van der Waals surface area (Å²) in [6, 6.07) is 9.51. The van der Waals surface area contributed by atoms with Crippen LogP contribution in [0, 0.1) is 13.8 Å². The summed E-state index contributed by atoms with van der Waals surface area (Å²) in [6.45, 7) is 7.14. The molecule has 1 unspecified atom stereocenters. The van der Waals surface area contributed by atoms with Crippen LogP contribution in [0.3, 0.4) is 0 Å². The Balaban J connectivity index is 2.53. The Morgan fingerprint density at radius 2 is 1.68 bits per heavy atom. The first-order valence-electron chi connectivity index (χ1n) is 11.0. The van der Waals surface area contributed by atoms with Gasteiger partial charge in [-0.25, -0.2) is 8.42 Å². The summed E-state index contributed by atoms with van der Waals surface area (Å²) in [4.78, 5) is 27.9. The lowest BCUT2D eigenvalue weighted by Gasteiger charge is -2.33. The van der Waals surface area contributed by atoms with Crippen LogP contribution in [0.25, 0.3) is 0 Å². The third-order valence-electron chi connectivity index (χ3n) is 5.46. The Bertz CT molecular complexity index is 1130. The highest BCUT2D eigenvalue weighted by atomic mass is 35.5. The van der Waals surface area contributed by atoms with Gasteiger partial charge in [0.1, 0.15) is 12.6 Å². The van der Waals surface area contributed by atoms with E-state index in [-0.39, 0.29) is 12.5 Å². The summed E-state index contributed by atoms with van der Waals surface area (Å²) in [5.41, 5.74) is 2.50. The average Bonchev–Trinajstić information content (AvgIpc) is 2.73. The van der Waals surface area contributed by atoms with E-state index in [9.17, 15) is 18.0 Å². The number of para-hydroxylation sites is 1. The fraction of sp³-hybridized carbons (Fsp3) is 0.417. The normalized spacial score (nSPS) is 12.2. The Kier molecular flexibility index (Phi) is 9.79. The molecule has 0 aromatic heterocycles. The molecule has 0 bridgehead atoms. The summed E-state index contributed by atoms with van der Waals surface area (Å²) in [5, 5.41) is 3.55. The van der Waals surface area contributed by atoms with Gasteiger partial charge < -0.3 is 10.2 Å². The first-order chi connectivity index (χ1) is 15.9. The van der Waals surface area contributed by atoms with E-state index in [4.69, 9.17) is 23.2 Å². The molecule has 0 saturated carbocycles. The van der Waals surface area contributed by atoms with Crippen LogP contribution < -0.4 is 9.62 Å². The van der Waals surface area contributed by atoms with Crippen molar-refractivity contribution in [1.29, 1.82) is 0 Å². The molecule has 10 heteroatoms. The molecule has 0 aliphatic carbocycles. The second-order valence-electron chi connectivity index (χ2n) is 8.09. The summed E-state index contributed by atoms with van der Waals surface area (Å²) in [7, 11) is -3.80. The van der Waals surface area contributed by atoms with E-state index in [1.165, 1.54) is 4.90 Å². The Morgan fingerprint density at radius 1 is 1.06 bits per heavy atom. The molecule has 34 heavy (non-hydrogen) atoms. The van der Waals surface area contributed by atoms with Crippen molar-refractivity contribution in [2.75, 3.05) is 23.7 Å². The number of carbonyl (C=O) groups excluding carboxylic acids is 2. The number of hydrogen-bond donors (Lipinski definition) is 1. The van der Waals surface area contributed by atoms with E-state index < -0.39 is 28.5 Å². The number of anilines is 1. The average molecular weight is 529 g/mol. The second kappa shape index (κ2) is 11.9. The molecular weight excluding hydrogens is 497 g/mol. The third-order valence-corrected chi connectivity index (χ3v) is 7.16. The number of hydrogen-bond acceptors (Lipinski definition) is 4. The highest BCUT2D eigenvalue weighted by Crippen LogP contribution is 2.28. The quantitative estimate of drug-likeness (QED) is 0.498. The molecule has 0 saturated heterocycles. The van der Waals surface area contributed by atoms with Crippen LogP contribution >= 0.6 is 23.2 Å². The van der Waals surface area contributed by atoms with Gasteiger partial charge in [-0.2, -0.15) is 0 Å². The molecule has 0 aliphatic rings. The second-order valence-corrected chi connectivity index (χ2v) is 10.8. The number of amides is 2. The lowest BCUT2D eigenvalue weighted by molar-refractivity contribution is -0.140. The zero-order chi connectivity index (χ0) is 25.6. The van der Waals surface area contributed by atoms with E-state index in [0.717, 1.165) is 21.7 Å². The molecule has 0 heterocycles. The lowest BCUT2D eigenvalue weighted by Crippen LogP contribution is -2.52. The van der Waals surface area contributed by atoms with Gasteiger partial charge in [0.2, 0.25) is 21.8 Å². The number of halogens is 2. The van der Waals surface area contributed by atoms with Gasteiger partial charge in [-0.1, -0.05) is 54.4 Å². The largest absolute Gasteiger partial charge is 0.355 e. The predicted molar refractivity (Wildman–Crippen MR) is 138 cm³/mol. The van der Waals surface area contributed by atoms with Crippen molar-refractivity contribution < 1.29 is 18.0 Å². The van der Waals surface area contributed by atoms with Crippen molar-refractivity contribution in [3.63, 3.8) is 0 Å². The minimum atomic E-state index is -3.80. The van der Waals surface area contributed by atoms with Gasteiger partial charge in [0.15, 0.2) is 0 Å². The van der Waals surface area contributed by atoms with Crippen LogP contribution in [0.5, 0.6) is 0 Å². The van der Waals surface area contributed by atoms with Crippen molar-refractivity contribution in [1.82, 2.24) is 10.2 Å². The molecule has 2 amide bonds. The Labute approximate surface area is 212 Å². The fourth-order valence-electron chi connectivity index (χ4n) is 3.82. The molecule has 0 radical (unpaired) electrons. The van der Waals surface area contributed by atoms with Crippen molar-refractivity contribution in [3.05, 3.63) is 63.1 Å². The summed E-state index contributed by atoms with van der Waals surface area (Å²) in [6.07, 6.45) is 1.40. The van der Waals surface area contributed by atoms with Crippen LogP contribution in [0.1, 0.15) is 37.0 Å². The summed E-state index contributed by atoms with van der Waals surface area (Å²) >= 11 is 12.4. The molecule has 0 fully saturated rings. The first kappa shape index (κ1) is 28.0. The van der Waals surface area contributed by atoms with Gasteiger partial charge in [0.25, 0.3) is 0 Å². The van der Waals surface area contributed by atoms with Crippen molar-refractivity contribution in [3.8, 4) is 0 Å². The van der Waals surface area contributed by atoms with Crippen LogP contribution in [0.4, 0.5) is 5.69 Å². The number of carbonyl (C=O) groups is 2. The smallest absolute Gasteiger partial charge is 0.244 e. The third kappa shape index (κ3) is 6.87. The first-order valence-corrected chi connectivity index (χ1v) is 13.6. The maximum Gasteiger partial charge on any atom is 0.244 e. The predicted octanol–water partition coefficient (Wildman–Crippen LogP) is 4.32. The summed E-state index contributed by atoms with van der Waals surface area (Å²) < 4.78 is 26.6. The zero-order valence-corrected chi connectivity index (χ0v) is 22.4. The van der Waals surface area contributed by atoms with E-state index >= 15 is 0 Å². The fourth-order valence-corrected chi connectivity index (χ4v) is 5.25.